The highest BCUT2D eigenvalue weighted by Crippen LogP contribution is 2.18. The van der Waals surface area contributed by atoms with Crippen molar-refractivity contribution in [3.63, 3.8) is 0 Å². The van der Waals surface area contributed by atoms with Crippen LogP contribution in [-0.2, 0) is 11.3 Å². The van der Waals surface area contributed by atoms with Crippen LogP contribution in [0.5, 0.6) is 0 Å². The Kier molecular flexibility index (Phi) is 6.34. The second kappa shape index (κ2) is 9.10. The van der Waals surface area contributed by atoms with Crippen molar-refractivity contribution >= 4 is 5.91 Å². The summed E-state index contributed by atoms with van der Waals surface area (Å²) in [7, 11) is 0. The number of hydrogen-bond acceptors (Lipinski definition) is 1. The van der Waals surface area contributed by atoms with Gasteiger partial charge in [-0.15, -0.1) is 0 Å². The third kappa shape index (κ3) is 5.50. The molecule has 0 aromatic heterocycles. The van der Waals surface area contributed by atoms with E-state index < -0.39 is 0 Å². The smallest absolute Gasteiger partial charge is 0.275 e. The lowest BCUT2D eigenvalue weighted by Crippen LogP contribution is -2.87. The van der Waals surface area contributed by atoms with Gasteiger partial charge in [0.2, 0.25) is 0 Å². The van der Waals surface area contributed by atoms with E-state index in [4.69, 9.17) is 0 Å². The van der Waals surface area contributed by atoms with E-state index in [0.717, 1.165) is 16.7 Å². The molecule has 0 heterocycles. The summed E-state index contributed by atoms with van der Waals surface area (Å²) in [6, 6.07) is 24.8. The normalized spacial score (nSPS) is 11.8. The molecule has 0 bridgehead atoms. The minimum Gasteiger partial charge on any atom is -0.347 e. The van der Waals surface area contributed by atoms with Crippen LogP contribution in [0.1, 0.15) is 28.3 Å². The Balaban J connectivity index is 1.63. The highest BCUT2D eigenvalue weighted by atomic mass is 19.1. The SMILES string of the molecule is Cc1ccc([C@H]([NH2+]CC(=O)NCc2ccc(F)cc2)c2ccccc2)cc1. The molecule has 0 unspecified atom stereocenters. The van der Waals surface area contributed by atoms with Gasteiger partial charge in [-0.25, -0.2) is 4.39 Å². The summed E-state index contributed by atoms with van der Waals surface area (Å²) in [5.41, 5.74) is 4.41. The number of amides is 1. The third-order valence-corrected chi connectivity index (χ3v) is 4.54. The zero-order valence-corrected chi connectivity index (χ0v) is 15.4. The van der Waals surface area contributed by atoms with Crippen LogP contribution >= 0.6 is 0 Å². The Morgan fingerprint density at radius 3 is 2.22 bits per heavy atom. The van der Waals surface area contributed by atoms with E-state index in [1.54, 1.807) is 12.1 Å². The van der Waals surface area contributed by atoms with E-state index in [0.29, 0.717) is 13.1 Å². The van der Waals surface area contributed by atoms with Gasteiger partial charge in [-0.05, 0) is 24.6 Å². The van der Waals surface area contributed by atoms with Crippen LogP contribution in [0.2, 0.25) is 0 Å². The first-order valence-electron chi connectivity index (χ1n) is 9.08. The quantitative estimate of drug-likeness (QED) is 0.666. The van der Waals surface area contributed by atoms with E-state index in [9.17, 15) is 9.18 Å². The van der Waals surface area contributed by atoms with Crippen molar-refractivity contribution in [3.05, 3.63) is 107 Å². The van der Waals surface area contributed by atoms with E-state index in [-0.39, 0.29) is 17.8 Å². The maximum Gasteiger partial charge on any atom is 0.275 e. The lowest BCUT2D eigenvalue weighted by Gasteiger charge is -2.17. The molecule has 3 aromatic carbocycles. The molecular weight excluding hydrogens is 339 g/mol. The number of carbonyl (C=O) groups is 1. The van der Waals surface area contributed by atoms with Crippen molar-refractivity contribution in [2.75, 3.05) is 6.54 Å². The van der Waals surface area contributed by atoms with Gasteiger partial charge in [0.05, 0.1) is 0 Å². The molecule has 3 N–H and O–H groups in total. The lowest BCUT2D eigenvalue weighted by molar-refractivity contribution is -0.676. The number of quaternary nitrogens is 1. The number of carbonyl (C=O) groups excluding carboxylic acids is 1. The van der Waals surface area contributed by atoms with Crippen molar-refractivity contribution in [1.82, 2.24) is 5.32 Å². The Bertz CT molecular complexity index is 861. The maximum atomic E-state index is 13.0. The summed E-state index contributed by atoms with van der Waals surface area (Å²) in [6.45, 7) is 2.77. The van der Waals surface area contributed by atoms with Crippen LogP contribution in [0.25, 0.3) is 0 Å². The first-order chi connectivity index (χ1) is 13.1. The Hall–Kier alpha value is -2.98. The molecule has 3 aromatic rings. The Labute approximate surface area is 159 Å². The van der Waals surface area contributed by atoms with E-state index in [2.05, 4.69) is 48.6 Å². The molecule has 3 rings (SSSR count). The molecule has 0 saturated heterocycles. The molecule has 0 aliphatic carbocycles. The summed E-state index contributed by atoms with van der Waals surface area (Å²) in [4.78, 5) is 12.3. The summed E-state index contributed by atoms with van der Waals surface area (Å²) in [6.07, 6.45) is 0. The van der Waals surface area contributed by atoms with E-state index in [1.165, 1.54) is 17.7 Å². The predicted molar refractivity (Wildman–Crippen MR) is 105 cm³/mol. The van der Waals surface area contributed by atoms with Crippen LogP contribution in [0.3, 0.4) is 0 Å². The Morgan fingerprint density at radius 2 is 1.56 bits per heavy atom. The van der Waals surface area contributed by atoms with Crippen molar-refractivity contribution in [2.45, 2.75) is 19.5 Å². The molecule has 0 aliphatic heterocycles. The molecule has 27 heavy (non-hydrogen) atoms. The van der Waals surface area contributed by atoms with Gasteiger partial charge in [0, 0.05) is 17.7 Å². The number of nitrogens with two attached hydrogens (primary N) is 1. The molecule has 0 fully saturated rings. The fourth-order valence-corrected chi connectivity index (χ4v) is 3.00. The molecule has 138 valence electrons. The van der Waals surface area contributed by atoms with Crippen molar-refractivity contribution < 1.29 is 14.5 Å². The highest BCUT2D eigenvalue weighted by Gasteiger charge is 2.18. The van der Waals surface area contributed by atoms with Gasteiger partial charge in [0.25, 0.3) is 5.91 Å². The molecular formula is C23H24FN2O+. The minimum absolute atomic E-state index is 0.0487. The average molecular weight is 363 g/mol. The van der Waals surface area contributed by atoms with Gasteiger partial charge in [-0.1, -0.05) is 72.3 Å². The summed E-state index contributed by atoms with van der Waals surface area (Å²) in [5, 5.41) is 4.93. The second-order valence-electron chi connectivity index (χ2n) is 6.64. The number of halogens is 1. The van der Waals surface area contributed by atoms with Gasteiger partial charge < -0.3 is 10.6 Å². The molecule has 3 nitrogen and oxygen atoms in total. The molecule has 0 aliphatic rings. The van der Waals surface area contributed by atoms with Crippen LogP contribution in [-0.4, -0.2) is 12.5 Å². The summed E-state index contributed by atoms with van der Waals surface area (Å²) >= 11 is 0. The van der Waals surface area contributed by atoms with Crippen LogP contribution < -0.4 is 10.6 Å². The van der Waals surface area contributed by atoms with Gasteiger partial charge in [0.1, 0.15) is 11.9 Å². The standard InChI is InChI=1S/C23H23FN2O/c1-17-7-11-20(12-8-17)23(19-5-3-2-4-6-19)26-16-22(27)25-15-18-9-13-21(24)14-10-18/h2-14,23,26H,15-16H2,1H3,(H,25,27)/p+1/t23-/m1/s1. The Morgan fingerprint density at radius 1 is 0.926 bits per heavy atom. The third-order valence-electron chi connectivity index (χ3n) is 4.54. The molecule has 0 radical (unpaired) electrons. The average Bonchev–Trinajstić information content (AvgIpc) is 2.70. The summed E-state index contributed by atoms with van der Waals surface area (Å²) < 4.78 is 13.0. The number of hydrogen-bond donors (Lipinski definition) is 2. The monoisotopic (exact) mass is 363 g/mol. The fraction of sp³-hybridized carbons (Fsp3) is 0.174. The molecule has 0 spiro atoms. The largest absolute Gasteiger partial charge is 0.347 e. The number of aryl methyl sites for hydroxylation is 1. The van der Waals surface area contributed by atoms with E-state index in [1.807, 2.05) is 23.5 Å². The topological polar surface area (TPSA) is 45.7 Å². The molecule has 0 saturated carbocycles. The first-order valence-corrected chi connectivity index (χ1v) is 9.08. The van der Waals surface area contributed by atoms with Crippen LogP contribution in [0, 0.1) is 12.7 Å². The van der Waals surface area contributed by atoms with Gasteiger partial charge in [-0.3, -0.25) is 4.79 Å². The number of nitrogens with one attached hydrogen (secondary N) is 1. The highest BCUT2D eigenvalue weighted by molar-refractivity contribution is 5.76. The van der Waals surface area contributed by atoms with Crippen molar-refractivity contribution in [2.24, 2.45) is 0 Å². The van der Waals surface area contributed by atoms with Crippen LogP contribution in [0.4, 0.5) is 4.39 Å². The molecule has 1 amide bonds. The maximum absolute atomic E-state index is 13.0. The predicted octanol–water partition coefficient (Wildman–Crippen LogP) is 3.10. The van der Waals surface area contributed by atoms with Gasteiger partial charge in [0.15, 0.2) is 6.54 Å². The minimum atomic E-state index is -0.276. The molecule has 4 heteroatoms. The van der Waals surface area contributed by atoms with Crippen molar-refractivity contribution in [3.8, 4) is 0 Å². The zero-order valence-electron chi connectivity index (χ0n) is 15.4. The van der Waals surface area contributed by atoms with Gasteiger partial charge in [-0.2, -0.15) is 0 Å². The van der Waals surface area contributed by atoms with Crippen LogP contribution in [0.15, 0.2) is 78.9 Å². The lowest BCUT2D eigenvalue weighted by atomic mass is 9.98. The molecule has 1 atom stereocenters. The first kappa shape index (κ1) is 18.8. The number of rotatable bonds is 7. The van der Waals surface area contributed by atoms with E-state index >= 15 is 0 Å². The fourth-order valence-electron chi connectivity index (χ4n) is 3.00. The van der Waals surface area contributed by atoms with Crippen molar-refractivity contribution in [1.29, 1.82) is 0 Å². The van der Waals surface area contributed by atoms with Gasteiger partial charge >= 0.3 is 0 Å². The zero-order chi connectivity index (χ0) is 19.1. The second-order valence-corrected chi connectivity index (χ2v) is 6.64. The number of benzene rings is 3. The summed E-state index contributed by atoms with van der Waals surface area (Å²) in [5.74, 6) is -0.324.